The molecule has 16 rings (SSSR count). The molecule has 5 nitrogen and oxygen atoms in total. The Kier molecular flexibility index (Phi) is 8.71. The number of ether oxygens (including phenoxy) is 1. The molecule has 4 heterocycles. The number of nitrogens with zero attached hydrogens (tertiary/aromatic N) is 4. The van der Waals surface area contributed by atoms with Gasteiger partial charge in [-0.15, -0.1) is 0 Å². The van der Waals surface area contributed by atoms with Crippen molar-refractivity contribution in [2.45, 2.75) is 52.4 Å². The van der Waals surface area contributed by atoms with E-state index in [0.29, 0.717) is 62.0 Å². The Morgan fingerprint density at radius 3 is 1.76 bits per heavy atom. The lowest BCUT2D eigenvalue weighted by Crippen LogP contribution is -2.74. The van der Waals surface area contributed by atoms with Crippen LogP contribution >= 0.6 is 0 Å². The first kappa shape index (κ1) is 36.1. The highest BCUT2D eigenvalue weighted by Gasteiger charge is 2.42. The number of fused-ring (bicyclic) bond motifs is 10. The predicted octanol–water partition coefficient (Wildman–Crippen LogP) is 18.6. The van der Waals surface area contributed by atoms with E-state index in [1.54, 1.807) is 83.6 Å². The van der Waals surface area contributed by atoms with Gasteiger partial charge >= 0.3 is 0 Å². The van der Waals surface area contributed by atoms with Gasteiger partial charge in [-0.25, -0.2) is 4.98 Å². The summed E-state index contributed by atoms with van der Waals surface area (Å²) in [4.78, 5) is 4.89. The molecule has 0 radical (unpaired) electrons. The zero-order valence-corrected chi connectivity index (χ0v) is 51.7. The fourth-order valence-electron chi connectivity index (χ4n) is 13.0. The van der Waals surface area contributed by atoms with Gasteiger partial charge < -0.3 is 4.74 Å². The maximum Gasteiger partial charge on any atom is 0.269 e. The van der Waals surface area contributed by atoms with Crippen LogP contribution in [0.2, 0.25) is 0 Å². The lowest BCUT2D eigenvalue weighted by atomic mass is 9.81. The second-order valence-electron chi connectivity index (χ2n) is 24.7. The van der Waals surface area contributed by atoms with Crippen molar-refractivity contribution in [1.29, 1.82) is 0 Å². The van der Waals surface area contributed by atoms with Crippen molar-refractivity contribution < 1.29 is 42.2 Å². The quantitative estimate of drug-likeness (QED) is 0.0592. The van der Waals surface area contributed by atoms with E-state index in [0.717, 1.165) is 32.9 Å². The molecule has 0 atom stereocenters. The maximum atomic E-state index is 11.1. The predicted molar refractivity (Wildman–Crippen MR) is 384 cm³/mol. The van der Waals surface area contributed by atoms with Gasteiger partial charge in [0.15, 0.2) is 8.07 Å². The minimum Gasteiger partial charge on any atom is -0.458 e. The number of hydrogen-bond donors (Lipinski definition) is 0. The largest absolute Gasteiger partial charge is 0.458 e. The number of imidazole rings is 1. The highest BCUT2D eigenvalue weighted by Crippen LogP contribution is 2.49. The van der Waals surface area contributed by atoms with Crippen molar-refractivity contribution in [2.24, 2.45) is 0 Å². The van der Waals surface area contributed by atoms with E-state index >= 15 is 0 Å². The van der Waals surface area contributed by atoms with Crippen LogP contribution in [0, 0.1) is 6.33 Å². The van der Waals surface area contributed by atoms with Crippen molar-refractivity contribution in [2.75, 3.05) is 0 Å². The molecule has 15 aromatic rings. The third-order valence-corrected chi connectivity index (χ3v) is 21.1. The third kappa shape index (κ3) is 9.43. The molecule has 92 heavy (non-hydrogen) atoms. The van der Waals surface area contributed by atoms with Crippen LogP contribution < -0.4 is 30.1 Å². The van der Waals surface area contributed by atoms with Crippen molar-refractivity contribution in [3.05, 3.63) is 320 Å². The Hall–Kier alpha value is -10.9. The van der Waals surface area contributed by atoms with E-state index in [1.807, 2.05) is 92.1 Å². The van der Waals surface area contributed by atoms with Crippen molar-refractivity contribution >= 4 is 61.7 Å². The fourth-order valence-corrected chi connectivity index (χ4v) is 16.5. The van der Waals surface area contributed by atoms with Crippen LogP contribution in [0.25, 0.3) is 106 Å². The van der Waals surface area contributed by atoms with Crippen molar-refractivity contribution in [3.63, 3.8) is 0 Å². The Balaban J connectivity index is 1.07. The second kappa shape index (κ2) is 22.2. The van der Waals surface area contributed by atoms with E-state index in [9.17, 15) is 24.7 Å². The molecule has 0 bridgehead atoms. The monoisotopic (exact) mass is 1220 g/mol. The average molecular weight is 1230 g/mol. The van der Waals surface area contributed by atoms with Crippen LogP contribution in [-0.4, -0.2) is 22.2 Å². The molecule has 0 N–H and O–H groups in total. The number of hydrogen-bond acceptors (Lipinski definition) is 2. The lowest BCUT2D eigenvalue weighted by molar-refractivity contribution is -0.572. The van der Waals surface area contributed by atoms with Crippen LogP contribution in [0.5, 0.6) is 11.5 Å². The van der Waals surface area contributed by atoms with Gasteiger partial charge in [0.05, 0.1) is 66.3 Å². The molecule has 0 amide bonds. The Labute approximate surface area is 573 Å². The maximum absolute atomic E-state index is 11.1. The first-order valence-corrected chi connectivity index (χ1v) is 32.0. The molecule has 3 aromatic heterocycles. The molecule has 1 aliphatic heterocycles. The Bertz CT molecular complexity index is 6580. The SMILES string of the molecule is [2H]c1c([2H])c([2H])c(-c2cccc3c2-c2ccccc2-c2cc(-c4c([2H])c([2H])c([2H])c([Si](c5c([2H])c([2H])c([2H])c([2H])c5[2H])(c5c([2H])c([2H])c([2H])c([2H])c5[2H])c5c([2H])c([2H])c([2H])c([2H])c5[2H])c4[2H])cc4c2[n+]([c-]n4-c2cccc(Oc4ccc5c6ccccc6n(-c6cc(C(C)(C)C)ccn6)c5c4)c2)-c2c-3cccc2C(C)(C)C)c([2H])c1[2H]. The summed E-state index contributed by atoms with van der Waals surface area (Å²) < 4.78 is 242. The van der Waals surface area contributed by atoms with Crippen molar-refractivity contribution in [1.82, 2.24) is 14.1 Å². The van der Waals surface area contributed by atoms with E-state index < -0.39 is 185 Å². The van der Waals surface area contributed by atoms with Gasteiger partial charge in [0.25, 0.3) is 6.33 Å². The number of pyridine rings is 1. The topological polar surface area (TPSA) is 35.9 Å². The fraction of sp³-hybridized carbons (Fsp3) is 0.0930. The molecule has 0 saturated heterocycles. The minimum atomic E-state index is -6.37. The third-order valence-electron chi connectivity index (χ3n) is 17.1. The van der Waals surface area contributed by atoms with Gasteiger partial charge in [-0.05, 0) is 153 Å². The molecule has 442 valence electrons. The van der Waals surface area contributed by atoms with Gasteiger partial charge in [0.2, 0.25) is 0 Å². The first-order valence-electron chi connectivity index (χ1n) is 42.0. The van der Waals surface area contributed by atoms with Crippen LogP contribution in [0.3, 0.4) is 0 Å². The van der Waals surface area contributed by atoms with Gasteiger partial charge in [-0.2, -0.15) is 0 Å². The zero-order valence-electron chi connectivity index (χ0n) is 74.7. The van der Waals surface area contributed by atoms with Gasteiger partial charge in [0, 0.05) is 23.0 Å². The van der Waals surface area contributed by atoms with Crippen LogP contribution in [0.4, 0.5) is 0 Å². The summed E-state index contributed by atoms with van der Waals surface area (Å²) >= 11 is 0. The lowest BCUT2D eigenvalue weighted by Gasteiger charge is -2.34. The van der Waals surface area contributed by atoms with Crippen LogP contribution in [-0.2, 0) is 10.8 Å². The molecule has 0 unspecified atom stereocenters. The summed E-state index contributed by atoms with van der Waals surface area (Å²) in [5.74, 6) is 1.47. The molecule has 12 aromatic carbocycles. The van der Waals surface area contributed by atoms with Crippen molar-refractivity contribution in [3.8, 4) is 84.3 Å². The molecule has 0 aliphatic carbocycles. The minimum absolute atomic E-state index is 0.126. The zero-order chi connectivity index (χ0) is 83.2. The van der Waals surface area contributed by atoms with E-state index in [2.05, 4.69) is 43.8 Å². The molecule has 0 saturated carbocycles. The highest BCUT2D eigenvalue weighted by atomic mass is 28.3. The Morgan fingerprint density at radius 1 is 0.446 bits per heavy atom. The molecule has 6 heteroatoms. The second-order valence-corrected chi connectivity index (χ2v) is 28.2. The first-order chi connectivity index (χ1) is 54.9. The van der Waals surface area contributed by atoms with E-state index in [1.165, 1.54) is 0 Å². The molecular formula is C86H68N4OSi. The summed E-state index contributed by atoms with van der Waals surface area (Å²) in [6, 6.07) is 22.9. The number of rotatable bonds is 10. The average Bonchev–Trinajstić information content (AvgIpc) is 0.873. The number of para-hydroxylation sites is 2. The summed E-state index contributed by atoms with van der Waals surface area (Å²) in [5.41, 5.74) is 6.16. The smallest absolute Gasteiger partial charge is 0.269 e. The summed E-state index contributed by atoms with van der Waals surface area (Å²) in [7, 11) is -6.37. The molecule has 0 spiro atoms. The molecule has 0 fully saturated rings. The normalized spacial score (nSPS) is 15.9. The number of benzene rings is 12. The van der Waals surface area contributed by atoms with E-state index in [4.69, 9.17) is 17.9 Å². The van der Waals surface area contributed by atoms with E-state index in [-0.39, 0.29) is 33.2 Å². The Morgan fingerprint density at radius 2 is 1.04 bits per heavy atom. The summed E-state index contributed by atoms with van der Waals surface area (Å²) in [5, 5.41) is -2.06. The van der Waals surface area contributed by atoms with Crippen LogP contribution in [0.1, 0.15) is 85.6 Å². The van der Waals surface area contributed by atoms with Crippen LogP contribution in [0.15, 0.2) is 303 Å². The summed E-state index contributed by atoms with van der Waals surface area (Å²) in [6.45, 7) is 12.5. The highest BCUT2D eigenvalue weighted by molar-refractivity contribution is 7.19. The molecule has 1 aliphatic rings. The standard InChI is InChI=1S/C86H68N4OSi/c1-85(2,3)61-49-50-87-81(54-61)90-78-46-22-21-40-71(78)72-48-47-64(56-79(72)90)91-63-31-24-30-62(55-63)88-57-89-83-75(44-26-45-77(83)86(4,5)6)74-43-25-42-69(58-27-11-7-12-28-58)82(74)73-41-20-19-39-70(73)76-52-60(53-80(88)84(76)89)59-29-23-38-68(51-59)92(65-32-13-8-14-33-65,66-34-15-9-16-35-66)67-36-17-10-18-37-67/h7-56H,1-6H3/i7D,8D,9D,10D,11D,12D,13D,14D,15D,16D,17D,18D,23D,27D,28D,29D,32D,33D,34D,35D,36D,37D,38D,51D. The van der Waals surface area contributed by atoms with Gasteiger partial charge in [0.1, 0.15) is 17.3 Å². The van der Waals surface area contributed by atoms with Gasteiger partial charge in [-0.1, -0.05) is 278 Å². The molecular weight excluding hydrogens is 1130 g/mol. The summed E-state index contributed by atoms with van der Waals surface area (Å²) in [6.07, 6.45) is 5.55. The number of aromatic nitrogens is 4. The van der Waals surface area contributed by atoms with Gasteiger partial charge in [-0.3, -0.25) is 13.7 Å².